The Hall–Kier alpha value is -1.40. The van der Waals surface area contributed by atoms with Crippen LogP contribution in [0.3, 0.4) is 0 Å². The third kappa shape index (κ3) is 10.2. The van der Waals surface area contributed by atoms with E-state index in [1.165, 1.54) is 6.07 Å². The smallest absolute Gasteiger partial charge is 0.456 e. The van der Waals surface area contributed by atoms with Crippen LogP contribution in [-0.2, 0) is 18.3 Å². The van der Waals surface area contributed by atoms with Gasteiger partial charge in [0.05, 0.1) is 16.8 Å². The zero-order valence-electron chi connectivity index (χ0n) is 22.2. The fraction of sp³-hybridized carbons (Fsp3) is 0.720. The predicted octanol–water partition coefficient (Wildman–Crippen LogP) is 6.94. The summed E-state index contributed by atoms with van der Waals surface area (Å²) in [6, 6.07) is 3.26. The van der Waals surface area contributed by atoms with Crippen molar-refractivity contribution in [1.29, 1.82) is 0 Å². The third-order valence-electron chi connectivity index (χ3n) is 4.34. The normalized spacial score (nSPS) is 14.2. The topological polar surface area (TPSA) is 91.3 Å². The van der Waals surface area contributed by atoms with Crippen molar-refractivity contribution in [2.75, 3.05) is 6.61 Å². The molecule has 0 bridgehead atoms. The van der Waals surface area contributed by atoms with E-state index in [1.807, 2.05) is 13.8 Å². The zero-order valence-corrected chi connectivity index (χ0v) is 23.1. The third-order valence-corrected chi connectivity index (χ3v) is 6.31. The number of benzene rings is 1. The van der Waals surface area contributed by atoms with Crippen LogP contribution in [0.25, 0.3) is 0 Å². The van der Waals surface area contributed by atoms with Crippen LogP contribution in [-0.4, -0.2) is 34.5 Å². The van der Waals surface area contributed by atoms with Gasteiger partial charge >= 0.3 is 13.8 Å². The molecule has 0 fully saturated rings. The first kappa shape index (κ1) is 29.6. The second-order valence-electron chi connectivity index (χ2n) is 11.3. The highest BCUT2D eigenvalue weighted by molar-refractivity contribution is 7.49. The first-order chi connectivity index (χ1) is 14.8. The Morgan fingerprint density at radius 1 is 0.970 bits per heavy atom. The Kier molecular flexibility index (Phi) is 9.79. The van der Waals surface area contributed by atoms with Crippen LogP contribution < -0.4 is 4.52 Å². The second kappa shape index (κ2) is 10.9. The summed E-state index contributed by atoms with van der Waals surface area (Å²) in [6.45, 7) is 19.8. The van der Waals surface area contributed by atoms with Crippen molar-refractivity contribution in [3.05, 3.63) is 28.8 Å². The number of phosphoric ester groups is 1. The Morgan fingerprint density at radius 3 is 1.88 bits per heavy atom. The van der Waals surface area contributed by atoms with Gasteiger partial charge < -0.3 is 14.4 Å². The van der Waals surface area contributed by atoms with Gasteiger partial charge in [0.2, 0.25) is 0 Å². The highest BCUT2D eigenvalue weighted by atomic mass is 31.2. The molecule has 7 nitrogen and oxygen atoms in total. The van der Waals surface area contributed by atoms with Crippen molar-refractivity contribution in [3.8, 4) is 5.75 Å². The number of rotatable bonds is 9. The van der Waals surface area contributed by atoms with Gasteiger partial charge in [-0.1, -0.05) is 6.92 Å². The van der Waals surface area contributed by atoms with Crippen LogP contribution in [0.1, 0.15) is 109 Å². The minimum absolute atomic E-state index is 0.0140. The van der Waals surface area contributed by atoms with Crippen LogP contribution >= 0.6 is 7.82 Å². The maximum atomic E-state index is 13.8. The summed E-state index contributed by atoms with van der Waals surface area (Å²) >= 11 is 0. The van der Waals surface area contributed by atoms with Crippen LogP contribution in [0.15, 0.2) is 12.1 Å². The SMILES string of the molecule is CCC(CCO)c1c(C)cc(C(=O)OC(C)(C)C)cc1OP(=O)(OC(C)(C)C)OC(C)(C)C. The number of carbonyl (C=O) groups excluding carboxylic acids is 1. The lowest BCUT2D eigenvalue weighted by atomic mass is 9.88. The molecule has 1 aromatic rings. The van der Waals surface area contributed by atoms with Gasteiger partial charge in [-0.25, -0.2) is 9.36 Å². The lowest BCUT2D eigenvalue weighted by Gasteiger charge is -2.32. The van der Waals surface area contributed by atoms with Crippen molar-refractivity contribution in [1.82, 2.24) is 0 Å². The van der Waals surface area contributed by atoms with E-state index < -0.39 is 30.6 Å². The van der Waals surface area contributed by atoms with Gasteiger partial charge in [0, 0.05) is 12.2 Å². The van der Waals surface area contributed by atoms with E-state index in [0.29, 0.717) is 12.8 Å². The summed E-state index contributed by atoms with van der Waals surface area (Å²) < 4.78 is 37.0. The molecule has 0 aliphatic rings. The maximum absolute atomic E-state index is 13.8. The fourth-order valence-corrected chi connectivity index (χ4v) is 5.22. The van der Waals surface area contributed by atoms with E-state index in [4.69, 9.17) is 18.3 Å². The molecule has 0 radical (unpaired) electrons. The molecule has 1 aromatic carbocycles. The van der Waals surface area contributed by atoms with Crippen molar-refractivity contribution in [3.63, 3.8) is 0 Å². The van der Waals surface area contributed by atoms with Crippen LogP contribution in [0, 0.1) is 6.92 Å². The number of aliphatic hydroxyl groups is 1. The molecule has 0 amide bonds. The summed E-state index contributed by atoms with van der Waals surface area (Å²) in [5.74, 6) is -0.357. The Morgan fingerprint density at radius 2 is 1.48 bits per heavy atom. The summed E-state index contributed by atoms with van der Waals surface area (Å²) in [5.41, 5.74) is -0.492. The molecule has 0 heterocycles. The number of aryl methyl sites for hydroxylation is 1. The lowest BCUT2D eigenvalue weighted by molar-refractivity contribution is 0.00649. The number of ether oxygens (including phenoxy) is 1. The number of carbonyl (C=O) groups is 1. The molecule has 0 saturated carbocycles. The molecule has 0 aromatic heterocycles. The minimum Gasteiger partial charge on any atom is -0.456 e. The van der Waals surface area contributed by atoms with Crippen molar-refractivity contribution < 1.29 is 32.8 Å². The number of phosphoric acid groups is 1. The lowest BCUT2D eigenvalue weighted by Crippen LogP contribution is -2.26. The van der Waals surface area contributed by atoms with Crippen LogP contribution in [0.4, 0.5) is 0 Å². The van der Waals surface area contributed by atoms with E-state index in [-0.39, 0.29) is 23.8 Å². The molecule has 33 heavy (non-hydrogen) atoms. The molecular formula is C25H43O7P. The van der Waals surface area contributed by atoms with Crippen molar-refractivity contribution in [2.45, 2.75) is 112 Å². The molecular weight excluding hydrogens is 443 g/mol. The zero-order chi connectivity index (χ0) is 25.8. The van der Waals surface area contributed by atoms with E-state index in [0.717, 1.165) is 11.1 Å². The molecule has 0 aliphatic carbocycles. The van der Waals surface area contributed by atoms with Crippen LogP contribution in [0.5, 0.6) is 5.75 Å². The van der Waals surface area contributed by atoms with Gasteiger partial charge in [-0.05, 0) is 106 Å². The fourth-order valence-electron chi connectivity index (χ4n) is 3.38. The molecule has 0 spiro atoms. The maximum Gasteiger partial charge on any atom is 0.531 e. The van der Waals surface area contributed by atoms with Gasteiger partial charge in [0.15, 0.2) is 0 Å². The Labute approximate surface area is 199 Å². The van der Waals surface area contributed by atoms with Gasteiger partial charge in [-0.15, -0.1) is 0 Å². The van der Waals surface area contributed by atoms with E-state index >= 15 is 0 Å². The first-order valence-corrected chi connectivity index (χ1v) is 12.9. The van der Waals surface area contributed by atoms with E-state index in [2.05, 4.69) is 0 Å². The van der Waals surface area contributed by atoms with Gasteiger partial charge in [-0.2, -0.15) is 0 Å². The quantitative estimate of drug-likeness (QED) is 0.298. The number of hydrogen-bond acceptors (Lipinski definition) is 7. The average Bonchev–Trinajstić information content (AvgIpc) is 2.54. The molecule has 190 valence electrons. The molecule has 0 saturated heterocycles. The average molecular weight is 487 g/mol. The first-order valence-electron chi connectivity index (χ1n) is 11.5. The molecule has 1 atom stereocenters. The summed E-state index contributed by atoms with van der Waals surface area (Å²) in [6.07, 6.45) is 1.21. The summed E-state index contributed by atoms with van der Waals surface area (Å²) in [4.78, 5) is 12.8. The van der Waals surface area contributed by atoms with Gasteiger partial charge in [0.25, 0.3) is 0 Å². The number of esters is 1. The number of hydrogen-bond donors (Lipinski definition) is 1. The largest absolute Gasteiger partial charge is 0.531 e. The van der Waals surface area contributed by atoms with Gasteiger partial charge in [0.1, 0.15) is 11.4 Å². The Balaban J connectivity index is 3.68. The molecule has 1 unspecified atom stereocenters. The standard InChI is InChI=1S/C25H43O7P/c1-12-18(13-14-26)21-17(2)15-19(22(27)29-23(3,4)5)16-20(21)30-33(28,31-24(6,7)8)32-25(9,10)11/h15-16,18,26H,12-14H2,1-11H3. The Bertz CT molecular complexity index is 837. The van der Waals surface area contributed by atoms with E-state index in [9.17, 15) is 14.5 Å². The van der Waals surface area contributed by atoms with Gasteiger partial charge in [-0.3, -0.25) is 9.05 Å². The van der Waals surface area contributed by atoms with Crippen molar-refractivity contribution >= 4 is 13.8 Å². The second-order valence-corrected chi connectivity index (χ2v) is 12.7. The van der Waals surface area contributed by atoms with E-state index in [1.54, 1.807) is 68.4 Å². The summed E-state index contributed by atoms with van der Waals surface area (Å²) in [5, 5.41) is 9.60. The summed E-state index contributed by atoms with van der Waals surface area (Å²) in [7, 11) is -4.11. The molecule has 1 N–H and O–H groups in total. The minimum atomic E-state index is -4.11. The van der Waals surface area contributed by atoms with Crippen molar-refractivity contribution in [2.24, 2.45) is 0 Å². The predicted molar refractivity (Wildman–Crippen MR) is 131 cm³/mol. The van der Waals surface area contributed by atoms with Crippen LogP contribution in [0.2, 0.25) is 0 Å². The highest BCUT2D eigenvalue weighted by Gasteiger charge is 2.40. The number of aliphatic hydroxyl groups excluding tert-OH is 1. The monoisotopic (exact) mass is 486 g/mol. The molecule has 1 rings (SSSR count). The molecule has 8 heteroatoms. The molecule has 0 aliphatic heterocycles. The highest BCUT2D eigenvalue weighted by Crippen LogP contribution is 2.56.